The Kier molecular flexibility index (Phi) is 3.23. The maximum atomic E-state index is 12.8. The molecule has 24 heavy (non-hydrogen) atoms. The fraction of sp³-hybridized carbons (Fsp3) is 0.529. The number of carbonyl (C=O) groups excluding carboxylic acids is 1. The van der Waals surface area contributed by atoms with E-state index in [-0.39, 0.29) is 18.0 Å². The Morgan fingerprint density at radius 2 is 2.04 bits per heavy atom. The lowest BCUT2D eigenvalue weighted by molar-refractivity contribution is -0.141. The van der Waals surface area contributed by atoms with E-state index in [1.165, 1.54) is 0 Å². The molecule has 2 aliphatic heterocycles. The topological polar surface area (TPSA) is 88.9 Å². The van der Waals surface area contributed by atoms with Gasteiger partial charge in [0.25, 0.3) is 0 Å². The molecule has 0 radical (unpaired) electrons. The Morgan fingerprint density at radius 3 is 2.71 bits per heavy atom. The van der Waals surface area contributed by atoms with E-state index in [9.17, 15) is 10.1 Å². The van der Waals surface area contributed by atoms with Crippen molar-refractivity contribution >= 4 is 22.8 Å². The van der Waals surface area contributed by atoms with Gasteiger partial charge in [0, 0.05) is 31.4 Å². The van der Waals surface area contributed by atoms with Crippen LogP contribution in [-0.2, 0) is 4.79 Å². The Labute approximate surface area is 140 Å². The molecular weight excluding hydrogens is 304 g/mol. The molecule has 124 valence electrons. The highest BCUT2D eigenvalue weighted by Crippen LogP contribution is 2.36. The number of hydrogen-bond donors (Lipinski definition) is 1. The summed E-state index contributed by atoms with van der Waals surface area (Å²) in [5.74, 6) is 0.872. The average molecular weight is 324 g/mol. The number of fused-ring (bicyclic) bond motifs is 3. The SMILES string of the molecule is CC(C)(C#N)C(=O)N1[C@@H]2CC[C@@H]1CN(c1ncnc3[nH]ccc13)C2. The zero-order valence-electron chi connectivity index (χ0n) is 13.9. The molecule has 4 heterocycles. The van der Waals surface area contributed by atoms with Gasteiger partial charge in [0.1, 0.15) is 23.2 Å². The molecule has 0 spiro atoms. The second-order valence-corrected chi connectivity index (χ2v) is 7.18. The van der Waals surface area contributed by atoms with Gasteiger partial charge in [0.2, 0.25) is 5.91 Å². The number of anilines is 1. The van der Waals surface area contributed by atoms with Crippen LogP contribution < -0.4 is 4.90 Å². The fourth-order valence-electron chi connectivity index (χ4n) is 3.89. The van der Waals surface area contributed by atoms with Crippen molar-refractivity contribution < 1.29 is 4.79 Å². The van der Waals surface area contributed by atoms with Crippen LogP contribution in [0.4, 0.5) is 5.82 Å². The van der Waals surface area contributed by atoms with Gasteiger partial charge in [-0.3, -0.25) is 4.79 Å². The van der Waals surface area contributed by atoms with Crippen molar-refractivity contribution in [2.45, 2.75) is 38.8 Å². The van der Waals surface area contributed by atoms with E-state index in [1.807, 2.05) is 17.2 Å². The molecule has 1 N–H and O–H groups in total. The first-order chi connectivity index (χ1) is 11.5. The number of nitrogens with zero attached hydrogens (tertiary/aromatic N) is 5. The average Bonchev–Trinajstić information content (AvgIpc) is 3.16. The third-order valence-corrected chi connectivity index (χ3v) is 5.16. The third kappa shape index (κ3) is 2.13. The van der Waals surface area contributed by atoms with E-state index in [1.54, 1.807) is 20.2 Å². The van der Waals surface area contributed by atoms with E-state index < -0.39 is 5.41 Å². The second kappa shape index (κ2) is 5.20. The van der Waals surface area contributed by atoms with E-state index in [4.69, 9.17) is 0 Å². The van der Waals surface area contributed by atoms with Crippen molar-refractivity contribution in [3.8, 4) is 6.07 Å². The van der Waals surface area contributed by atoms with Crippen molar-refractivity contribution in [1.82, 2.24) is 19.9 Å². The van der Waals surface area contributed by atoms with Gasteiger partial charge >= 0.3 is 0 Å². The van der Waals surface area contributed by atoms with E-state index in [0.717, 1.165) is 42.8 Å². The molecule has 2 bridgehead atoms. The number of hydrogen-bond acceptors (Lipinski definition) is 5. The molecule has 7 heteroatoms. The molecule has 4 rings (SSSR count). The minimum Gasteiger partial charge on any atom is -0.352 e. The maximum absolute atomic E-state index is 12.8. The van der Waals surface area contributed by atoms with Gasteiger partial charge < -0.3 is 14.8 Å². The highest BCUT2D eigenvalue weighted by Gasteiger charge is 2.47. The number of rotatable bonds is 2. The summed E-state index contributed by atoms with van der Waals surface area (Å²) >= 11 is 0. The molecule has 1 amide bonds. The number of H-pyrrole nitrogens is 1. The lowest BCUT2D eigenvalue weighted by atomic mass is 9.92. The maximum Gasteiger partial charge on any atom is 0.243 e. The molecule has 0 aromatic carbocycles. The first-order valence-electron chi connectivity index (χ1n) is 8.28. The van der Waals surface area contributed by atoms with Gasteiger partial charge in [0.05, 0.1) is 11.5 Å². The zero-order chi connectivity index (χ0) is 16.9. The Morgan fingerprint density at radius 1 is 1.33 bits per heavy atom. The van der Waals surface area contributed by atoms with Crippen molar-refractivity contribution in [2.75, 3.05) is 18.0 Å². The number of piperazine rings is 1. The van der Waals surface area contributed by atoms with Crippen molar-refractivity contribution in [3.63, 3.8) is 0 Å². The molecule has 2 fully saturated rings. The minimum atomic E-state index is -0.966. The summed E-state index contributed by atoms with van der Waals surface area (Å²) in [5, 5.41) is 10.3. The Bertz CT molecular complexity index is 821. The summed E-state index contributed by atoms with van der Waals surface area (Å²) in [5.41, 5.74) is -0.136. The van der Waals surface area contributed by atoms with Gasteiger partial charge in [-0.1, -0.05) is 0 Å². The summed E-state index contributed by atoms with van der Waals surface area (Å²) in [7, 11) is 0. The van der Waals surface area contributed by atoms with Crippen LogP contribution in [-0.4, -0.2) is 50.9 Å². The molecular formula is C17H20N6O. The summed E-state index contributed by atoms with van der Waals surface area (Å²) in [4.78, 5) is 28.8. The molecule has 0 unspecified atom stereocenters. The second-order valence-electron chi connectivity index (χ2n) is 7.18. The summed E-state index contributed by atoms with van der Waals surface area (Å²) in [6, 6.07) is 4.42. The molecule has 0 aliphatic carbocycles. The molecule has 7 nitrogen and oxygen atoms in total. The lowest BCUT2D eigenvalue weighted by Gasteiger charge is -2.43. The van der Waals surface area contributed by atoms with Crippen LogP contribution in [0.15, 0.2) is 18.6 Å². The quantitative estimate of drug-likeness (QED) is 0.908. The highest BCUT2D eigenvalue weighted by atomic mass is 16.2. The normalized spacial score (nSPS) is 23.5. The Hall–Kier alpha value is -2.62. The monoisotopic (exact) mass is 324 g/mol. The first-order valence-corrected chi connectivity index (χ1v) is 8.28. The lowest BCUT2D eigenvalue weighted by Crippen LogP contribution is -2.58. The smallest absolute Gasteiger partial charge is 0.243 e. The Balaban J connectivity index is 1.62. The number of amides is 1. The number of carbonyl (C=O) groups is 1. The molecule has 2 aromatic heterocycles. The van der Waals surface area contributed by atoms with Crippen LogP contribution in [0.3, 0.4) is 0 Å². The van der Waals surface area contributed by atoms with Crippen LogP contribution in [0.2, 0.25) is 0 Å². The predicted octanol–water partition coefficient (Wildman–Crippen LogP) is 1.69. The van der Waals surface area contributed by atoms with Crippen molar-refractivity contribution in [2.24, 2.45) is 5.41 Å². The largest absolute Gasteiger partial charge is 0.352 e. The standard InChI is InChI=1S/C17H20N6O/c1-17(2,9-18)16(24)23-11-3-4-12(23)8-22(7-11)15-13-5-6-19-14(13)20-10-21-15/h5-6,10-12H,3-4,7-8H2,1-2H3,(H,19,20,21)/t11-,12-/m1/s1. The molecule has 0 saturated carbocycles. The number of aromatic amines is 1. The van der Waals surface area contributed by atoms with Crippen molar-refractivity contribution in [3.05, 3.63) is 18.6 Å². The molecule has 2 atom stereocenters. The van der Waals surface area contributed by atoms with Gasteiger partial charge in [-0.05, 0) is 32.8 Å². The number of nitrogens with one attached hydrogen (secondary N) is 1. The van der Waals surface area contributed by atoms with Crippen LogP contribution in [0, 0.1) is 16.7 Å². The van der Waals surface area contributed by atoms with E-state index in [0.29, 0.717) is 0 Å². The van der Waals surface area contributed by atoms with E-state index >= 15 is 0 Å². The van der Waals surface area contributed by atoms with Gasteiger partial charge in [-0.15, -0.1) is 0 Å². The zero-order valence-corrected chi connectivity index (χ0v) is 13.9. The minimum absolute atomic E-state index is 0.0494. The third-order valence-electron chi connectivity index (χ3n) is 5.16. The summed E-state index contributed by atoms with van der Waals surface area (Å²) in [6.45, 7) is 4.91. The van der Waals surface area contributed by atoms with Crippen LogP contribution in [0.5, 0.6) is 0 Å². The number of nitriles is 1. The van der Waals surface area contributed by atoms with E-state index in [2.05, 4.69) is 25.9 Å². The molecule has 2 saturated heterocycles. The highest BCUT2D eigenvalue weighted by molar-refractivity contribution is 5.88. The van der Waals surface area contributed by atoms with Gasteiger partial charge in [0.15, 0.2) is 0 Å². The summed E-state index contributed by atoms with van der Waals surface area (Å²) in [6.07, 6.45) is 5.41. The molecule has 2 aromatic rings. The fourth-order valence-corrected chi connectivity index (χ4v) is 3.89. The van der Waals surface area contributed by atoms with Gasteiger partial charge in [-0.25, -0.2) is 9.97 Å². The van der Waals surface area contributed by atoms with Crippen LogP contribution in [0.25, 0.3) is 11.0 Å². The first kappa shape index (κ1) is 14.9. The van der Waals surface area contributed by atoms with Crippen LogP contribution in [0.1, 0.15) is 26.7 Å². The number of aromatic nitrogens is 3. The van der Waals surface area contributed by atoms with Crippen LogP contribution >= 0.6 is 0 Å². The van der Waals surface area contributed by atoms with Crippen molar-refractivity contribution in [1.29, 1.82) is 5.26 Å². The van der Waals surface area contributed by atoms with Gasteiger partial charge in [-0.2, -0.15) is 5.26 Å². The summed E-state index contributed by atoms with van der Waals surface area (Å²) < 4.78 is 0. The predicted molar refractivity (Wildman–Crippen MR) is 89.2 cm³/mol. The molecule has 2 aliphatic rings.